The fraction of sp³-hybridized carbons (Fsp3) is 0.448. The number of rotatable bonds is 7. The zero-order chi connectivity index (χ0) is 26.1. The summed E-state index contributed by atoms with van der Waals surface area (Å²) in [5.41, 5.74) is 3.81. The highest BCUT2D eigenvalue weighted by Gasteiger charge is 2.40. The summed E-state index contributed by atoms with van der Waals surface area (Å²) < 4.78 is 1.86. The summed E-state index contributed by atoms with van der Waals surface area (Å²) in [5, 5.41) is 19.3. The van der Waals surface area contributed by atoms with E-state index in [2.05, 4.69) is 55.4 Å². The van der Waals surface area contributed by atoms with Gasteiger partial charge < -0.3 is 15.3 Å². The summed E-state index contributed by atoms with van der Waals surface area (Å²) >= 11 is 0. The molecule has 8 heteroatoms. The number of nitrogens with zero attached hydrogens (tertiary/aromatic N) is 5. The van der Waals surface area contributed by atoms with E-state index in [1.54, 1.807) is 7.05 Å². The first-order chi connectivity index (χ1) is 17.8. The molecule has 0 saturated carbocycles. The Morgan fingerprint density at radius 3 is 2.46 bits per heavy atom. The largest absolute Gasteiger partial charge is 0.356 e. The molecule has 2 aromatic carbocycles. The highest BCUT2D eigenvalue weighted by Crippen LogP contribution is 2.37. The molecule has 196 valence electrons. The number of nitrogens with one attached hydrogen (secondary N) is 1. The highest BCUT2D eigenvalue weighted by atomic mass is 16.3. The number of aromatic nitrogens is 2. The number of aliphatic hydroxyl groups excluding tert-OH is 1. The lowest BCUT2D eigenvalue weighted by Gasteiger charge is -2.39. The fourth-order valence-electron chi connectivity index (χ4n) is 5.44. The Kier molecular flexibility index (Phi) is 7.22. The number of amides is 1. The molecule has 0 radical (unpaired) electrons. The van der Waals surface area contributed by atoms with Crippen LogP contribution in [0.15, 0.2) is 54.6 Å². The van der Waals surface area contributed by atoms with Crippen LogP contribution in [0.1, 0.15) is 60.6 Å². The first-order valence-electron chi connectivity index (χ1n) is 13.3. The van der Waals surface area contributed by atoms with E-state index in [0.29, 0.717) is 36.3 Å². The molecule has 3 heterocycles. The first-order valence-corrected chi connectivity index (χ1v) is 13.3. The van der Waals surface area contributed by atoms with Crippen LogP contribution in [-0.4, -0.2) is 64.1 Å². The average molecular weight is 503 g/mol. The molecule has 1 saturated heterocycles. The molecule has 2 atom stereocenters. The van der Waals surface area contributed by atoms with Crippen LogP contribution in [0.4, 0.5) is 17.3 Å². The van der Waals surface area contributed by atoms with Crippen molar-refractivity contribution in [3.63, 3.8) is 0 Å². The van der Waals surface area contributed by atoms with Crippen molar-refractivity contribution in [2.24, 2.45) is 5.92 Å². The van der Waals surface area contributed by atoms with Gasteiger partial charge in [0.15, 0.2) is 5.82 Å². The van der Waals surface area contributed by atoms with Gasteiger partial charge in [0.1, 0.15) is 11.4 Å². The lowest BCUT2D eigenvalue weighted by molar-refractivity contribution is 0.0124. The van der Waals surface area contributed by atoms with Gasteiger partial charge in [-0.05, 0) is 55.6 Å². The molecule has 0 spiro atoms. The minimum atomic E-state index is -1.05. The van der Waals surface area contributed by atoms with Crippen molar-refractivity contribution in [1.29, 1.82) is 0 Å². The van der Waals surface area contributed by atoms with E-state index >= 15 is 0 Å². The number of anilines is 3. The summed E-state index contributed by atoms with van der Waals surface area (Å²) in [7, 11) is 3.84. The first kappa shape index (κ1) is 25.3. The summed E-state index contributed by atoms with van der Waals surface area (Å²) in [5.74, 6) is 1.19. The predicted molar refractivity (Wildman–Crippen MR) is 147 cm³/mol. The molecule has 1 fully saturated rings. The summed E-state index contributed by atoms with van der Waals surface area (Å²) in [4.78, 5) is 19.1. The van der Waals surface area contributed by atoms with Gasteiger partial charge in [0.25, 0.3) is 5.91 Å². The van der Waals surface area contributed by atoms with Gasteiger partial charge in [-0.1, -0.05) is 62.7 Å². The van der Waals surface area contributed by atoms with E-state index in [-0.39, 0.29) is 11.8 Å². The van der Waals surface area contributed by atoms with Gasteiger partial charge in [-0.25, -0.2) is 4.68 Å². The molecule has 1 amide bonds. The van der Waals surface area contributed by atoms with Crippen LogP contribution < -0.4 is 10.2 Å². The molecule has 5 rings (SSSR count). The quantitative estimate of drug-likeness (QED) is 0.490. The molecule has 0 bridgehead atoms. The molecule has 2 aliphatic heterocycles. The number of hydrogen-bond acceptors (Lipinski definition) is 6. The van der Waals surface area contributed by atoms with Gasteiger partial charge in [0.05, 0.1) is 6.54 Å². The molecular formula is C29H38N6O2. The Bertz CT molecular complexity index is 1220. The fourth-order valence-corrected chi connectivity index (χ4v) is 5.44. The van der Waals surface area contributed by atoms with Gasteiger partial charge in [-0.3, -0.25) is 14.6 Å². The Labute approximate surface area is 219 Å². The zero-order valence-corrected chi connectivity index (χ0v) is 22.3. The standard InChI is InChI=1S/C29H38N6O2/c1-20(2)18-34-27-25(28(36)33(4)29(34)37)26(30-23-10-6-5-7-11-23)35(31-27)19-21-13-15-22(16-14-21)24-12-8-9-17-32(24)3/h5-7,10-11,13-16,20,24,29-30,37H,8-9,12,17-19H2,1-4H3. The second kappa shape index (κ2) is 10.6. The van der Waals surface area contributed by atoms with Crippen molar-refractivity contribution >= 4 is 23.2 Å². The third kappa shape index (κ3) is 5.08. The number of likely N-dealkylation sites (tertiary alicyclic amines) is 1. The van der Waals surface area contributed by atoms with Crippen LogP contribution in [0.3, 0.4) is 0 Å². The normalized spacial score (nSPS) is 20.4. The molecule has 2 N–H and O–H groups in total. The van der Waals surface area contributed by atoms with Crippen LogP contribution in [-0.2, 0) is 6.54 Å². The Hall–Kier alpha value is -3.36. The summed E-state index contributed by atoms with van der Waals surface area (Å²) in [6.45, 7) is 6.41. The van der Waals surface area contributed by atoms with Crippen LogP contribution in [0.25, 0.3) is 0 Å². The number of piperidine rings is 1. The van der Waals surface area contributed by atoms with Gasteiger partial charge >= 0.3 is 0 Å². The maximum atomic E-state index is 13.4. The average Bonchev–Trinajstić information content (AvgIpc) is 3.24. The van der Waals surface area contributed by atoms with E-state index in [0.717, 1.165) is 17.8 Å². The summed E-state index contributed by atoms with van der Waals surface area (Å²) in [6.07, 6.45) is 2.67. The molecule has 2 aliphatic rings. The van der Waals surface area contributed by atoms with Crippen molar-refractivity contribution in [3.05, 3.63) is 71.3 Å². The van der Waals surface area contributed by atoms with Crippen LogP contribution in [0.5, 0.6) is 0 Å². The minimum Gasteiger partial charge on any atom is -0.356 e. The van der Waals surface area contributed by atoms with Crippen molar-refractivity contribution in [2.45, 2.75) is 52.0 Å². The molecule has 2 unspecified atom stereocenters. The Morgan fingerprint density at radius 2 is 1.78 bits per heavy atom. The monoisotopic (exact) mass is 502 g/mol. The van der Waals surface area contributed by atoms with Crippen molar-refractivity contribution in [3.8, 4) is 0 Å². The second-order valence-corrected chi connectivity index (χ2v) is 10.7. The number of carbonyl (C=O) groups excluding carboxylic acids is 1. The third-order valence-electron chi connectivity index (χ3n) is 7.43. The van der Waals surface area contributed by atoms with Gasteiger partial charge in [0, 0.05) is 25.3 Å². The SMILES string of the molecule is CC(C)CN1c2nn(Cc3ccc(C4CCCCN4C)cc3)c(Nc3ccccc3)c2C(=O)N(C)C1O. The zero-order valence-electron chi connectivity index (χ0n) is 22.3. The molecule has 1 aromatic heterocycles. The molecule has 37 heavy (non-hydrogen) atoms. The van der Waals surface area contributed by atoms with Gasteiger partial charge in [-0.2, -0.15) is 5.10 Å². The van der Waals surface area contributed by atoms with E-state index in [1.807, 2.05) is 39.9 Å². The molecular weight excluding hydrogens is 464 g/mol. The third-order valence-corrected chi connectivity index (χ3v) is 7.43. The number of aliphatic hydroxyl groups is 1. The van der Waals surface area contributed by atoms with E-state index in [4.69, 9.17) is 5.10 Å². The topological polar surface area (TPSA) is 76.9 Å². The Morgan fingerprint density at radius 1 is 1.05 bits per heavy atom. The Balaban J connectivity index is 1.52. The van der Waals surface area contributed by atoms with Crippen LogP contribution in [0, 0.1) is 5.92 Å². The predicted octanol–water partition coefficient (Wildman–Crippen LogP) is 4.66. The maximum absolute atomic E-state index is 13.4. The van der Waals surface area contributed by atoms with E-state index in [9.17, 15) is 9.90 Å². The van der Waals surface area contributed by atoms with Crippen molar-refractivity contribution in [2.75, 3.05) is 37.4 Å². The molecule has 8 nitrogen and oxygen atoms in total. The minimum absolute atomic E-state index is 0.247. The lowest BCUT2D eigenvalue weighted by Crippen LogP contribution is -2.54. The van der Waals surface area contributed by atoms with Crippen LogP contribution in [0.2, 0.25) is 0 Å². The molecule has 3 aromatic rings. The summed E-state index contributed by atoms with van der Waals surface area (Å²) in [6, 6.07) is 19.1. The van der Waals surface area contributed by atoms with Gasteiger partial charge in [0.2, 0.25) is 6.35 Å². The number of para-hydroxylation sites is 1. The van der Waals surface area contributed by atoms with Crippen LogP contribution >= 0.6 is 0 Å². The van der Waals surface area contributed by atoms with Crippen molar-refractivity contribution < 1.29 is 9.90 Å². The lowest BCUT2D eigenvalue weighted by atomic mass is 9.95. The molecule has 0 aliphatic carbocycles. The number of fused-ring (bicyclic) bond motifs is 1. The second-order valence-electron chi connectivity index (χ2n) is 10.7. The van der Waals surface area contributed by atoms with Crippen molar-refractivity contribution in [1.82, 2.24) is 19.6 Å². The number of hydrogen-bond donors (Lipinski definition) is 2. The smallest absolute Gasteiger partial charge is 0.264 e. The van der Waals surface area contributed by atoms with E-state index < -0.39 is 6.35 Å². The van der Waals surface area contributed by atoms with Gasteiger partial charge in [-0.15, -0.1) is 0 Å². The van der Waals surface area contributed by atoms with E-state index in [1.165, 1.54) is 29.7 Å². The highest BCUT2D eigenvalue weighted by molar-refractivity contribution is 6.06. The number of benzene rings is 2. The number of carbonyl (C=O) groups is 1. The maximum Gasteiger partial charge on any atom is 0.264 e.